The van der Waals surface area contributed by atoms with Crippen LogP contribution in [0.25, 0.3) is 0 Å². The first-order valence-electron chi connectivity index (χ1n) is 7.05. The maximum Gasteiger partial charge on any atom is 0.0123 e. The van der Waals surface area contributed by atoms with Crippen molar-refractivity contribution >= 4 is 0 Å². The lowest BCUT2D eigenvalue weighted by molar-refractivity contribution is 0.0512. The third-order valence-corrected chi connectivity index (χ3v) is 4.68. The molecule has 1 heteroatoms. The van der Waals surface area contributed by atoms with E-state index in [0.717, 1.165) is 17.9 Å². The van der Waals surface area contributed by atoms with Crippen molar-refractivity contribution in [2.45, 2.75) is 64.8 Å². The van der Waals surface area contributed by atoms with Crippen LogP contribution in [-0.2, 0) is 0 Å². The molecule has 1 saturated heterocycles. The molecule has 0 aromatic carbocycles. The maximum absolute atomic E-state index is 2.76. The predicted octanol–water partition coefficient (Wildman–Crippen LogP) is 3.69. The molecule has 1 aliphatic heterocycles. The topological polar surface area (TPSA) is 3.24 Å². The van der Waals surface area contributed by atoms with Gasteiger partial charge in [0.2, 0.25) is 0 Å². The second-order valence-electron chi connectivity index (χ2n) is 5.71. The van der Waals surface area contributed by atoms with Crippen LogP contribution in [0, 0.1) is 11.8 Å². The molecule has 0 aromatic heterocycles. The Morgan fingerprint density at radius 2 is 1.80 bits per heavy atom. The molecule has 0 radical (unpaired) electrons. The number of hydrogen-bond donors (Lipinski definition) is 0. The molecule has 1 heterocycles. The van der Waals surface area contributed by atoms with E-state index >= 15 is 0 Å². The van der Waals surface area contributed by atoms with Gasteiger partial charge in [0.25, 0.3) is 0 Å². The van der Waals surface area contributed by atoms with Crippen LogP contribution in [0.4, 0.5) is 0 Å². The first-order valence-corrected chi connectivity index (χ1v) is 7.05. The fraction of sp³-hybridized carbons (Fsp3) is 1.00. The van der Waals surface area contributed by atoms with E-state index in [2.05, 4.69) is 18.7 Å². The van der Waals surface area contributed by atoms with Gasteiger partial charge in [-0.05, 0) is 50.6 Å². The van der Waals surface area contributed by atoms with E-state index in [1.165, 1.54) is 58.0 Å². The van der Waals surface area contributed by atoms with Crippen molar-refractivity contribution in [3.05, 3.63) is 0 Å². The van der Waals surface area contributed by atoms with Crippen LogP contribution in [0.5, 0.6) is 0 Å². The minimum atomic E-state index is 0.954. The molecule has 2 fully saturated rings. The van der Waals surface area contributed by atoms with E-state index in [4.69, 9.17) is 0 Å². The Bertz CT molecular complexity index is 190. The molecule has 1 aliphatic carbocycles. The molecule has 1 nitrogen and oxygen atoms in total. The maximum atomic E-state index is 2.76. The lowest BCUT2D eigenvalue weighted by Gasteiger charge is -2.45. The summed E-state index contributed by atoms with van der Waals surface area (Å²) in [5, 5.41) is 0. The van der Waals surface area contributed by atoms with Crippen molar-refractivity contribution in [2.75, 3.05) is 13.1 Å². The quantitative estimate of drug-likeness (QED) is 0.636. The number of fused-ring (bicyclic) bond motifs is 1. The van der Waals surface area contributed by atoms with Crippen LogP contribution in [0.2, 0.25) is 0 Å². The largest absolute Gasteiger partial charge is 0.300 e. The summed E-state index contributed by atoms with van der Waals surface area (Å²) in [6.07, 6.45) is 10.4. The Hall–Kier alpha value is -0.0400. The molecule has 3 atom stereocenters. The molecule has 0 spiro atoms. The first kappa shape index (κ1) is 11.4. The van der Waals surface area contributed by atoms with E-state index in [-0.39, 0.29) is 0 Å². The highest BCUT2D eigenvalue weighted by Gasteiger charge is 2.34. The van der Waals surface area contributed by atoms with E-state index in [1.54, 1.807) is 0 Å². The highest BCUT2D eigenvalue weighted by atomic mass is 15.2. The van der Waals surface area contributed by atoms with Crippen molar-refractivity contribution in [3.8, 4) is 0 Å². The number of nitrogens with zero attached hydrogens (tertiary/aromatic N) is 1. The fourth-order valence-corrected chi connectivity index (χ4v) is 3.36. The molecule has 2 aliphatic rings. The molecule has 15 heavy (non-hydrogen) atoms. The zero-order valence-electron chi connectivity index (χ0n) is 10.5. The Kier molecular flexibility index (Phi) is 4.07. The molecule has 0 bridgehead atoms. The van der Waals surface area contributed by atoms with Crippen LogP contribution in [0.3, 0.4) is 0 Å². The van der Waals surface area contributed by atoms with Gasteiger partial charge < -0.3 is 4.90 Å². The van der Waals surface area contributed by atoms with Gasteiger partial charge in [-0.25, -0.2) is 0 Å². The lowest BCUT2D eigenvalue weighted by atomic mass is 9.74. The monoisotopic (exact) mass is 209 g/mol. The summed E-state index contributed by atoms with van der Waals surface area (Å²) in [7, 11) is 0. The second-order valence-corrected chi connectivity index (χ2v) is 5.71. The van der Waals surface area contributed by atoms with Gasteiger partial charge in [0.1, 0.15) is 0 Å². The number of hydrogen-bond acceptors (Lipinski definition) is 1. The lowest BCUT2D eigenvalue weighted by Crippen LogP contribution is -2.47. The van der Waals surface area contributed by atoms with Gasteiger partial charge in [-0.1, -0.05) is 33.1 Å². The molecular formula is C14H27N. The van der Waals surface area contributed by atoms with Gasteiger partial charge in [-0.3, -0.25) is 0 Å². The van der Waals surface area contributed by atoms with Gasteiger partial charge in [-0.15, -0.1) is 0 Å². The van der Waals surface area contributed by atoms with Crippen molar-refractivity contribution < 1.29 is 0 Å². The van der Waals surface area contributed by atoms with Gasteiger partial charge >= 0.3 is 0 Å². The number of rotatable bonds is 1. The molecular weight excluding hydrogens is 182 g/mol. The van der Waals surface area contributed by atoms with E-state index in [1.807, 2.05) is 0 Å². The van der Waals surface area contributed by atoms with E-state index in [9.17, 15) is 0 Å². The summed E-state index contributed by atoms with van der Waals surface area (Å²) >= 11 is 0. The van der Waals surface area contributed by atoms with E-state index in [0.29, 0.717) is 0 Å². The Balaban J connectivity index is 1.91. The van der Waals surface area contributed by atoms with Crippen LogP contribution in [-0.4, -0.2) is 24.0 Å². The smallest absolute Gasteiger partial charge is 0.0123 e. The molecule has 88 valence electrons. The Morgan fingerprint density at radius 3 is 2.47 bits per heavy atom. The van der Waals surface area contributed by atoms with Crippen molar-refractivity contribution in [1.29, 1.82) is 0 Å². The first-order chi connectivity index (χ1) is 7.31. The summed E-state index contributed by atoms with van der Waals surface area (Å²) in [5.74, 6) is 2.01. The van der Waals surface area contributed by atoms with Crippen molar-refractivity contribution in [2.24, 2.45) is 11.8 Å². The average molecular weight is 209 g/mol. The van der Waals surface area contributed by atoms with Crippen molar-refractivity contribution in [1.82, 2.24) is 4.90 Å². The van der Waals surface area contributed by atoms with Crippen LogP contribution in [0.15, 0.2) is 0 Å². The van der Waals surface area contributed by atoms with Crippen LogP contribution < -0.4 is 0 Å². The Labute approximate surface area is 95.2 Å². The molecule has 1 saturated carbocycles. The molecule has 3 unspecified atom stereocenters. The van der Waals surface area contributed by atoms with Crippen LogP contribution >= 0.6 is 0 Å². The summed E-state index contributed by atoms with van der Waals surface area (Å²) in [5.41, 5.74) is 0. The van der Waals surface area contributed by atoms with Gasteiger partial charge in [-0.2, -0.15) is 0 Å². The summed E-state index contributed by atoms with van der Waals surface area (Å²) in [4.78, 5) is 2.76. The SMILES string of the molecule is CCN1CCC(C)CCCCC2CCC21. The summed E-state index contributed by atoms with van der Waals surface area (Å²) in [6, 6.07) is 0.959. The molecule has 2 rings (SSSR count). The molecule has 0 aromatic rings. The Morgan fingerprint density at radius 1 is 1.00 bits per heavy atom. The summed E-state index contributed by atoms with van der Waals surface area (Å²) < 4.78 is 0. The highest BCUT2D eigenvalue weighted by Crippen LogP contribution is 2.37. The summed E-state index contributed by atoms with van der Waals surface area (Å²) in [6.45, 7) is 7.41. The minimum absolute atomic E-state index is 0.954. The fourth-order valence-electron chi connectivity index (χ4n) is 3.36. The standard InChI is InChI=1S/C14H27N/c1-3-15-11-10-12(2)6-4-5-7-13-8-9-14(13)15/h12-14H,3-11H2,1-2H3. The average Bonchev–Trinajstić information content (AvgIpc) is 2.20. The van der Waals surface area contributed by atoms with Gasteiger partial charge in [0.05, 0.1) is 0 Å². The normalized spacial score (nSPS) is 39.2. The third-order valence-electron chi connectivity index (χ3n) is 4.68. The second kappa shape index (κ2) is 5.34. The predicted molar refractivity (Wildman–Crippen MR) is 66.0 cm³/mol. The van der Waals surface area contributed by atoms with Crippen molar-refractivity contribution in [3.63, 3.8) is 0 Å². The van der Waals surface area contributed by atoms with Gasteiger partial charge in [0.15, 0.2) is 0 Å². The van der Waals surface area contributed by atoms with E-state index < -0.39 is 0 Å². The van der Waals surface area contributed by atoms with Crippen LogP contribution in [0.1, 0.15) is 58.8 Å². The highest BCUT2D eigenvalue weighted by molar-refractivity contribution is 4.89. The minimum Gasteiger partial charge on any atom is -0.300 e. The third kappa shape index (κ3) is 2.75. The zero-order chi connectivity index (χ0) is 10.7. The van der Waals surface area contributed by atoms with Gasteiger partial charge in [0, 0.05) is 6.04 Å². The molecule has 0 N–H and O–H groups in total. The zero-order valence-corrected chi connectivity index (χ0v) is 10.5. The molecule has 0 amide bonds.